The molecule has 2 heterocycles. The van der Waals surface area contributed by atoms with Crippen LogP contribution in [0.1, 0.15) is 42.4 Å². The van der Waals surface area contributed by atoms with Crippen LogP contribution in [-0.2, 0) is 16.6 Å². The van der Waals surface area contributed by atoms with Crippen molar-refractivity contribution in [2.45, 2.75) is 37.6 Å². The van der Waals surface area contributed by atoms with E-state index in [1.807, 2.05) is 6.92 Å². The SMILES string of the molecule is CCCN(Cc1nc2cc(Cl)ccc2c(=O)[nH]1)C(=O)c1ccc(S(=O)(=O)N2CCCC2)cc1. The van der Waals surface area contributed by atoms with Gasteiger partial charge in [0, 0.05) is 30.2 Å². The Morgan fingerprint density at radius 3 is 2.52 bits per heavy atom. The van der Waals surface area contributed by atoms with Crippen LogP contribution in [0.25, 0.3) is 10.9 Å². The van der Waals surface area contributed by atoms with Crippen LogP contribution in [-0.4, -0.2) is 53.1 Å². The first kappa shape index (κ1) is 23.4. The topological polar surface area (TPSA) is 103 Å². The third-order valence-electron chi connectivity index (χ3n) is 5.64. The van der Waals surface area contributed by atoms with Crippen LogP contribution in [0, 0.1) is 0 Å². The maximum atomic E-state index is 13.2. The Hall–Kier alpha value is -2.75. The number of sulfonamides is 1. The van der Waals surface area contributed by atoms with Gasteiger partial charge in [0.25, 0.3) is 11.5 Å². The fraction of sp³-hybridized carbons (Fsp3) is 0.348. The number of fused-ring (bicyclic) bond motifs is 1. The molecule has 3 aromatic rings. The van der Waals surface area contributed by atoms with E-state index < -0.39 is 10.0 Å². The molecule has 1 aliphatic rings. The average molecular weight is 489 g/mol. The average Bonchev–Trinajstić information content (AvgIpc) is 3.34. The predicted molar refractivity (Wildman–Crippen MR) is 127 cm³/mol. The summed E-state index contributed by atoms with van der Waals surface area (Å²) in [5, 5.41) is 0.892. The van der Waals surface area contributed by atoms with E-state index in [-0.39, 0.29) is 22.9 Å². The summed E-state index contributed by atoms with van der Waals surface area (Å²) in [5.41, 5.74) is 0.531. The number of benzene rings is 2. The number of H-pyrrole nitrogens is 1. The number of rotatable bonds is 7. The standard InChI is InChI=1S/C23H25ClN4O4S/c1-2-11-27(15-21-25-20-14-17(24)7-10-19(20)22(29)26-21)23(30)16-5-8-18(9-6-16)33(31,32)28-12-3-4-13-28/h5-10,14H,2-4,11-13,15H2,1H3,(H,25,26,29). The summed E-state index contributed by atoms with van der Waals surface area (Å²) in [6.07, 6.45) is 2.43. The van der Waals surface area contributed by atoms with Gasteiger partial charge in [-0.15, -0.1) is 0 Å². The normalized spacial score (nSPS) is 14.6. The van der Waals surface area contributed by atoms with Crippen LogP contribution in [0.5, 0.6) is 0 Å². The highest BCUT2D eigenvalue weighted by Crippen LogP contribution is 2.22. The summed E-state index contributed by atoms with van der Waals surface area (Å²) < 4.78 is 26.9. The highest BCUT2D eigenvalue weighted by Gasteiger charge is 2.27. The van der Waals surface area contributed by atoms with E-state index in [9.17, 15) is 18.0 Å². The lowest BCUT2D eigenvalue weighted by atomic mass is 10.2. The number of carbonyl (C=O) groups excluding carboxylic acids is 1. The Bertz CT molecular complexity index is 1330. The highest BCUT2D eigenvalue weighted by molar-refractivity contribution is 7.89. The van der Waals surface area contributed by atoms with Crippen molar-refractivity contribution < 1.29 is 13.2 Å². The molecule has 0 spiro atoms. The first-order valence-electron chi connectivity index (χ1n) is 10.9. The molecule has 2 aromatic carbocycles. The van der Waals surface area contributed by atoms with Gasteiger partial charge in [0.05, 0.1) is 22.3 Å². The van der Waals surface area contributed by atoms with Crippen molar-refractivity contribution in [2.75, 3.05) is 19.6 Å². The van der Waals surface area contributed by atoms with Crippen molar-refractivity contribution in [3.8, 4) is 0 Å². The monoisotopic (exact) mass is 488 g/mol. The summed E-state index contributed by atoms with van der Waals surface area (Å²) in [6, 6.07) is 10.9. The predicted octanol–water partition coefficient (Wildman–Crippen LogP) is 3.41. The number of aromatic nitrogens is 2. The zero-order valence-electron chi connectivity index (χ0n) is 18.3. The summed E-state index contributed by atoms with van der Waals surface area (Å²) >= 11 is 6.03. The fourth-order valence-corrected chi connectivity index (χ4v) is 5.65. The van der Waals surface area contributed by atoms with E-state index >= 15 is 0 Å². The minimum atomic E-state index is -3.54. The molecule has 0 aliphatic carbocycles. The van der Waals surface area contributed by atoms with Gasteiger partial charge in [-0.3, -0.25) is 9.59 Å². The van der Waals surface area contributed by atoms with Crippen molar-refractivity contribution in [3.63, 3.8) is 0 Å². The Morgan fingerprint density at radius 1 is 1.15 bits per heavy atom. The minimum Gasteiger partial charge on any atom is -0.331 e. The molecule has 8 nitrogen and oxygen atoms in total. The van der Waals surface area contributed by atoms with E-state index in [1.165, 1.54) is 28.6 Å². The largest absolute Gasteiger partial charge is 0.331 e. The van der Waals surface area contributed by atoms with Crippen molar-refractivity contribution >= 4 is 38.4 Å². The molecule has 0 bridgehead atoms. The molecule has 33 heavy (non-hydrogen) atoms. The Morgan fingerprint density at radius 2 is 1.85 bits per heavy atom. The zero-order valence-corrected chi connectivity index (χ0v) is 19.8. The number of nitrogens with zero attached hydrogens (tertiary/aromatic N) is 3. The highest BCUT2D eigenvalue weighted by atomic mass is 35.5. The van der Waals surface area contributed by atoms with E-state index in [2.05, 4.69) is 9.97 Å². The van der Waals surface area contributed by atoms with Gasteiger partial charge in [0.1, 0.15) is 5.82 Å². The second kappa shape index (κ2) is 9.62. The minimum absolute atomic E-state index is 0.109. The third kappa shape index (κ3) is 4.95. The van der Waals surface area contributed by atoms with Gasteiger partial charge in [-0.2, -0.15) is 4.31 Å². The zero-order chi connectivity index (χ0) is 23.6. The molecular formula is C23H25ClN4O4S. The van der Waals surface area contributed by atoms with E-state index in [0.717, 1.165) is 12.8 Å². The number of carbonyl (C=O) groups is 1. The molecule has 10 heteroatoms. The summed E-state index contributed by atoms with van der Waals surface area (Å²) in [6.45, 7) is 3.55. The lowest BCUT2D eigenvalue weighted by Crippen LogP contribution is -2.33. The van der Waals surface area contributed by atoms with Crippen molar-refractivity contribution in [2.24, 2.45) is 0 Å². The van der Waals surface area contributed by atoms with Gasteiger partial charge in [-0.05, 0) is 61.7 Å². The van der Waals surface area contributed by atoms with Gasteiger partial charge in [-0.25, -0.2) is 13.4 Å². The van der Waals surface area contributed by atoms with E-state index in [0.29, 0.717) is 53.4 Å². The van der Waals surface area contributed by atoms with Crippen LogP contribution in [0.3, 0.4) is 0 Å². The Kier molecular flexibility index (Phi) is 6.83. The summed E-state index contributed by atoms with van der Waals surface area (Å²) in [7, 11) is -3.54. The summed E-state index contributed by atoms with van der Waals surface area (Å²) in [5.74, 6) is 0.0839. The maximum Gasteiger partial charge on any atom is 0.258 e. The number of aromatic amines is 1. The number of hydrogen-bond donors (Lipinski definition) is 1. The molecule has 4 rings (SSSR count). The molecule has 174 valence electrons. The second-order valence-electron chi connectivity index (χ2n) is 8.04. The summed E-state index contributed by atoms with van der Waals surface area (Å²) in [4.78, 5) is 34.6. The van der Waals surface area contributed by atoms with E-state index in [4.69, 9.17) is 11.6 Å². The van der Waals surface area contributed by atoms with Gasteiger partial charge in [0.15, 0.2) is 0 Å². The van der Waals surface area contributed by atoms with Gasteiger partial charge in [-0.1, -0.05) is 18.5 Å². The molecule has 0 radical (unpaired) electrons. The number of hydrogen-bond acceptors (Lipinski definition) is 5. The Labute approximate surface area is 197 Å². The molecule has 0 unspecified atom stereocenters. The third-order valence-corrected chi connectivity index (χ3v) is 7.79. The maximum absolute atomic E-state index is 13.2. The van der Waals surface area contributed by atoms with Crippen LogP contribution in [0.15, 0.2) is 52.2 Å². The van der Waals surface area contributed by atoms with Gasteiger partial charge < -0.3 is 9.88 Å². The molecule has 0 atom stereocenters. The first-order chi connectivity index (χ1) is 15.8. The molecule has 1 fully saturated rings. The van der Waals surface area contributed by atoms with Crippen molar-refractivity contribution in [1.82, 2.24) is 19.2 Å². The Balaban J connectivity index is 1.57. The molecule has 1 amide bonds. The van der Waals surface area contributed by atoms with Crippen molar-refractivity contribution in [3.05, 3.63) is 69.2 Å². The smallest absolute Gasteiger partial charge is 0.258 e. The van der Waals surface area contributed by atoms with Crippen LogP contribution in [0.4, 0.5) is 0 Å². The second-order valence-corrected chi connectivity index (χ2v) is 10.4. The molecular weight excluding hydrogens is 464 g/mol. The van der Waals surface area contributed by atoms with Crippen LogP contribution in [0.2, 0.25) is 5.02 Å². The van der Waals surface area contributed by atoms with Gasteiger partial charge in [0.2, 0.25) is 10.0 Å². The van der Waals surface area contributed by atoms with E-state index in [1.54, 1.807) is 23.1 Å². The fourth-order valence-electron chi connectivity index (χ4n) is 3.97. The molecule has 0 saturated carbocycles. The van der Waals surface area contributed by atoms with Crippen molar-refractivity contribution in [1.29, 1.82) is 0 Å². The number of amides is 1. The lowest BCUT2D eigenvalue weighted by molar-refractivity contribution is 0.0738. The van der Waals surface area contributed by atoms with Gasteiger partial charge >= 0.3 is 0 Å². The first-order valence-corrected chi connectivity index (χ1v) is 12.7. The molecule has 1 N–H and O–H groups in total. The lowest BCUT2D eigenvalue weighted by Gasteiger charge is -2.22. The molecule has 1 aromatic heterocycles. The number of nitrogens with one attached hydrogen (secondary N) is 1. The quantitative estimate of drug-likeness (QED) is 0.549. The molecule has 1 saturated heterocycles. The molecule has 1 aliphatic heterocycles. The number of halogens is 1. The van der Waals surface area contributed by atoms with Crippen LogP contribution < -0.4 is 5.56 Å². The van der Waals surface area contributed by atoms with Crippen LogP contribution >= 0.6 is 11.6 Å².